The van der Waals surface area contributed by atoms with Gasteiger partial charge in [0.05, 0.1) is 17.2 Å². The molecule has 0 unspecified atom stereocenters. The molecular formula is C17H14ClF6N5O. The van der Waals surface area contributed by atoms with Crippen LogP contribution in [0.2, 0.25) is 5.02 Å². The highest BCUT2D eigenvalue weighted by atomic mass is 35.5. The number of hydrogen-bond acceptors (Lipinski definition) is 5. The van der Waals surface area contributed by atoms with E-state index in [1.807, 2.05) is 0 Å². The number of rotatable bonds is 4. The second-order valence-electron chi connectivity index (χ2n) is 6.96. The van der Waals surface area contributed by atoms with Gasteiger partial charge in [0.25, 0.3) is 5.78 Å². The number of hydrogen-bond donors (Lipinski definition) is 2. The molecule has 162 valence electrons. The van der Waals surface area contributed by atoms with Gasteiger partial charge in [-0.2, -0.15) is 40.9 Å². The lowest BCUT2D eigenvalue weighted by atomic mass is 9.91. The molecule has 30 heavy (non-hydrogen) atoms. The van der Waals surface area contributed by atoms with Crippen molar-refractivity contribution in [1.82, 2.24) is 19.6 Å². The first-order chi connectivity index (χ1) is 13.7. The van der Waals surface area contributed by atoms with Crippen LogP contribution in [0.4, 0.5) is 32.2 Å². The summed E-state index contributed by atoms with van der Waals surface area (Å²) in [5, 5.41) is 16.7. The first kappa shape index (κ1) is 22.1. The highest BCUT2D eigenvalue weighted by Gasteiger charge is 2.37. The van der Waals surface area contributed by atoms with Crippen LogP contribution in [0.3, 0.4) is 0 Å². The van der Waals surface area contributed by atoms with E-state index < -0.39 is 35.3 Å². The Morgan fingerprint density at radius 2 is 1.73 bits per heavy atom. The Balaban J connectivity index is 2.11. The molecule has 3 aromatic rings. The fourth-order valence-electron chi connectivity index (χ4n) is 2.78. The van der Waals surface area contributed by atoms with Crippen molar-refractivity contribution in [3.8, 4) is 0 Å². The molecule has 6 nitrogen and oxygen atoms in total. The summed E-state index contributed by atoms with van der Waals surface area (Å²) in [5.41, 5.74) is -3.89. The van der Waals surface area contributed by atoms with Crippen LogP contribution in [0, 0.1) is 0 Å². The highest BCUT2D eigenvalue weighted by molar-refractivity contribution is 6.31. The first-order valence-electron chi connectivity index (χ1n) is 8.31. The molecule has 0 bridgehead atoms. The Morgan fingerprint density at radius 3 is 2.27 bits per heavy atom. The molecule has 13 heteroatoms. The van der Waals surface area contributed by atoms with Crippen molar-refractivity contribution in [2.24, 2.45) is 0 Å². The van der Waals surface area contributed by atoms with Gasteiger partial charge in [-0.05, 0) is 31.5 Å². The zero-order chi connectivity index (χ0) is 22.5. The van der Waals surface area contributed by atoms with E-state index in [2.05, 4.69) is 20.4 Å². The van der Waals surface area contributed by atoms with Gasteiger partial charge >= 0.3 is 12.4 Å². The summed E-state index contributed by atoms with van der Waals surface area (Å²) >= 11 is 6.03. The van der Waals surface area contributed by atoms with E-state index in [-0.39, 0.29) is 22.2 Å². The lowest BCUT2D eigenvalue weighted by Crippen LogP contribution is -2.35. The van der Waals surface area contributed by atoms with Crippen LogP contribution in [0.5, 0.6) is 0 Å². The summed E-state index contributed by atoms with van der Waals surface area (Å²) in [6, 6.07) is 1.93. The van der Waals surface area contributed by atoms with Gasteiger partial charge in [-0.15, -0.1) is 0 Å². The molecule has 0 saturated carbocycles. The smallest absolute Gasteiger partial charge is 0.388 e. The van der Waals surface area contributed by atoms with Crippen molar-refractivity contribution >= 4 is 23.2 Å². The molecule has 0 aliphatic heterocycles. The number of aliphatic hydroxyl groups is 1. The van der Waals surface area contributed by atoms with Crippen molar-refractivity contribution in [2.45, 2.75) is 37.8 Å². The minimum Gasteiger partial charge on any atom is -0.388 e. The molecule has 0 aliphatic carbocycles. The Bertz CT molecular complexity index is 1070. The molecule has 0 radical (unpaired) electrons. The second-order valence-corrected chi connectivity index (χ2v) is 7.37. The van der Waals surface area contributed by atoms with Gasteiger partial charge in [-0.25, -0.2) is 4.98 Å². The predicted molar refractivity (Wildman–Crippen MR) is 94.9 cm³/mol. The molecule has 3 rings (SSSR count). The lowest BCUT2D eigenvalue weighted by Gasteiger charge is -2.32. The summed E-state index contributed by atoms with van der Waals surface area (Å²) in [7, 11) is 0. The van der Waals surface area contributed by atoms with Crippen molar-refractivity contribution in [3.05, 3.63) is 52.4 Å². The maximum Gasteiger partial charge on any atom is 0.433 e. The number of anilines is 1. The third kappa shape index (κ3) is 4.43. The van der Waals surface area contributed by atoms with Gasteiger partial charge in [0.1, 0.15) is 12.1 Å². The highest BCUT2D eigenvalue weighted by Crippen LogP contribution is 2.38. The summed E-state index contributed by atoms with van der Waals surface area (Å²) in [6.07, 6.45) is -8.45. The number of benzene rings is 1. The van der Waals surface area contributed by atoms with E-state index in [4.69, 9.17) is 11.6 Å². The average molecular weight is 454 g/mol. The number of aromatic nitrogens is 4. The van der Waals surface area contributed by atoms with E-state index >= 15 is 0 Å². The monoisotopic (exact) mass is 453 g/mol. The van der Waals surface area contributed by atoms with Gasteiger partial charge in [0.15, 0.2) is 5.69 Å². The van der Waals surface area contributed by atoms with E-state index in [0.29, 0.717) is 12.1 Å². The topological polar surface area (TPSA) is 75.3 Å². The number of halogens is 7. The zero-order valence-electron chi connectivity index (χ0n) is 15.3. The van der Waals surface area contributed by atoms with Crippen LogP contribution in [-0.2, 0) is 12.4 Å². The zero-order valence-corrected chi connectivity index (χ0v) is 16.1. The van der Waals surface area contributed by atoms with Gasteiger partial charge in [0.2, 0.25) is 0 Å². The summed E-state index contributed by atoms with van der Waals surface area (Å²) in [5.74, 6) is -0.603. The molecule has 1 atom stereocenters. The Labute approximate surface area is 170 Å². The summed E-state index contributed by atoms with van der Waals surface area (Å²) in [6.45, 7) is 2.64. The van der Waals surface area contributed by atoms with Crippen LogP contribution >= 0.6 is 11.6 Å². The molecule has 2 N–H and O–H groups in total. The third-order valence-electron chi connectivity index (χ3n) is 4.18. The predicted octanol–water partition coefficient (Wildman–Crippen LogP) is 4.74. The molecule has 0 saturated heterocycles. The molecule has 0 amide bonds. The Morgan fingerprint density at radius 1 is 1.07 bits per heavy atom. The molecule has 2 heterocycles. The minimum absolute atomic E-state index is 0.0378. The molecule has 0 spiro atoms. The van der Waals surface area contributed by atoms with E-state index in [1.54, 1.807) is 0 Å². The van der Waals surface area contributed by atoms with Gasteiger partial charge < -0.3 is 10.4 Å². The standard InChI is InChI=1S/C17H14ClF6N5O/c1-15(2,30)13(9-4-3-8(5-10(9)18)16(19,20)21)28-12-6-11(17(22,23)24)27-14-25-7-26-29(12)14/h3-7,13,28,30H,1-2H3/t13-/m1/s1. The SMILES string of the molecule is CC(C)(O)[C@H](Nc1cc(C(F)(F)F)nc2ncnn12)c1ccc(C(F)(F)F)cc1Cl. The van der Waals surface area contributed by atoms with Crippen LogP contribution < -0.4 is 5.32 Å². The van der Waals surface area contributed by atoms with Crippen molar-refractivity contribution in [3.63, 3.8) is 0 Å². The second kappa shape index (κ2) is 7.27. The number of nitrogens with one attached hydrogen (secondary N) is 1. The van der Waals surface area contributed by atoms with Crippen LogP contribution in [-0.4, -0.2) is 30.3 Å². The molecular weight excluding hydrogens is 440 g/mol. The molecule has 0 aliphatic rings. The van der Waals surface area contributed by atoms with Gasteiger partial charge in [0, 0.05) is 11.1 Å². The number of fused-ring (bicyclic) bond motifs is 1. The average Bonchev–Trinajstić information content (AvgIpc) is 3.06. The Hall–Kier alpha value is -2.60. The van der Waals surface area contributed by atoms with Crippen LogP contribution in [0.15, 0.2) is 30.6 Å². The summed E-state index contributed by atoms with van der Waals surface area (Å²) in [4.78, 5) is 7.02. The molecule has 0 fully saturated rings. The van der Waals surface area contributed by atoms with Crippen LogP contribution in [0.1, 0.15) is 36.7 Å². The normalized spacial score (nSPS) is 14.2. The fraction of sp³-hybridized carbons (Fsp3) is 0.353. The van der Waals surface area contributed by atoms with Crippen molar-refractivity contribution in [2.75, 3.05) is 5.32 Å². The van der Waals surface area contributed by atoms with E-state index in [0.717, 1.165) is 23.0 Å². The quantitative estimate of drug-likeness (QED) is 0.558. The maximum absolute atomic E-state index is 13.2. The summed E-state index contributed by atoms with van der Waals surface area (Å²) < 4.78 is 79.3. The molecule has 2 aromatic heterocycles. The van der Waals surface area contributed by atoms with Gasteiger partial charge in [-0.3, -0.25) is 0 Å². The van der Waals surface area contributed by atoms with E-state index in [1.165, 1.54) is 13.8 Å². The number of alkyl halides is 6. The minimum atomic E-state index is -4.79. The largest absolute Gasteiger partial charge is 0.433 e. The van der Waals surface area contributed by atoms with E-state index in [9.17, 15) is 31.4 Å². The maximum atomic E-state index is 13.2. The fourth-order valence-corrected chi connectivity index (χ4v) is 3.07. The van der Waals surface area contributed by atoms with Crippen LogP contribution in [0.25, 0.3) is 5.78 Å². The van der Waals surface area contributed by atoms with Crippen molar-refractivity contribution in [1.29, 1.82) is 0 Å². The molecule has 1 aromatic carbocycles. The Kier molecular flexibility index (Phi) is 5.35. The third-order valence-corrected chi connectivity index (χ3v) is 4.51. The number of nitrogens with zero attached hydrogens (tertiary/aromatic N) is 4. The van der Waals surface area contributed by atoms with Gasteiger partial charge in [-0.1, -0.05) is 17.7 Å². The van der Waals surface area contributed by atoms with Crippen molar-refractivity contribution < 1.29 is 31.4 Å². The lowest BCUT2D eigenvalue weighted by molar-refractivity contribution is -0.141. The first-order valence-corrected chi connectivity index (χ1v) is 8.69.